The third-order valence-electron chi connectivity index (χ3n) is 3.28. The fourth-order valence-electron chi connectivity index (χ4n) is 1.95. The summed E-state index contributed by atoms with van der Waals surface area (Å²) in [6.07, 6.45) is 4.61. The molecule has 0 aliphatic carbocycles. The Labute approximate surface area is 108 Å². The Bertz CT molecular complexity index is 372. The van der Waals surface area contributed by atoms with Crippen molar-refractivity contribution in [1.29, 1.82) is 0 Å². The normalized spacial score (nSPS) is 12.7. The van der Waals surface area contributed by atoms with E-state index in [1.165, 1.54) is 0 Å². The SMILES string of the molecule is CCC(CC)C(O)CNC(=O)c1cnn(CC)c1. The molecule has 0 saturated heterocycles. The minimum Gasteiger partial charge on any atom is -0.391 e. The lowest BCUT2D eigenvalue weighted by Crippen LogP contribution is -2.35. The minimum absolute atomic E-state index is 0.181. The summed E-state index contributed by atoms with van der Waals surface area (Å²) in [4.78, 5) is 11.8. The Morgan fingerprint density at radius 3 is 2.61 bits per heavy atom. The maximum absolute atomic E-state index is 11.8. The number of carbonyl (C=O) groups excluding carboxylic acids is 1. The quantitative estimate of drug-likeness (QED) is 0.772. The van der Waals surface area contributed by atoms with Gasteiger partial charge in [0.05, 0.1) is 17.9 Å². The van der Waals surface area contributed by atoms with Crippen LogP contribution in [0.25, 0.3) is 0 Å². The summed E-state index contributed by atoms with van der Waals surface area (Å²) in [7, 11) is 0. The zero-order chi connectivity index (χ0) is 13.5. The molecule has 0 bridgehead atoms. The van der Waals surface area contributed by atoms with E-state index in [0.29, 0.717) is 12.1 Å². The van der Waals surface area contributed by atoms with Crippen molar-refractivity contribution in [3.05, 3.63) is 18.0 Å². The van der Waals surface area contributed by atoms with Gasteiger partial charge >= 0.3 is 0 Å². The number of nitrogens with one attached hydrogen (secondary N) is 1. The molecule has 0 aromatic carbocycles. The van der Waals surface area contributed by atoms with Crippen LogP contribution in [0.5, 0.6) is 0 Å². The molecule has 1 heterocycles. The lowest BCUT2D eigenvalue weighted by atomic mass is 9.96. The van der Waals surface area contributed by atoms with E-state index in [4.69, 9.17) is 0 Å². The highest BCUT2D eigenvalue weighted by Gasteiger charge is 2.17. The number of aliphatic hydroxyl groups is 1. The molecule has 0 saturated carbocycles. The van der Waals surface area contributed by atoms with Crippen LogP contribution in [-0.4, -0.2) is 33.4 Å². The Morgan fingerprint density at radius 2 is 2.11 bits per heavy atom. The van der Waals surface area contributed by atoms with E-state index in [1.54, 1.807) is 17.1 Å². The Hall–Kier alpha value is -1.36. The van der Waals surface area contributed by atoms with Crippen molar-refractivity contribution in [2.75, 3.05) is 6.54 Å². The first kappa shape index (κ1) is 14.7. The van der Waals surface area contributed by atoms with E-state index in [1.807, 2.05) is 20.8 Å². The van der Waals surface area contributed by atoms with Gasteiger partial charge in [0.1, 0.15) is 0 Å². The van der Waals surface area contributed by atoms with E-state index >= 15 is 0 Å². The number of aryl methyl sites for hydroxylation is 1. The van der Waals surface area contributed by atoms with Crippen molar-refractivity contribution in [2.45, 2.75) is 46.3 Å². The summed E-state index contributed by atoms with van der Waals surface area (Å²) in [6.45, 7) is 7.09. The van der Waals surface area contributed by atoms with Crippen molar-refractivity contribution >= 4 is 5.91 Å². The second kappa shape index (κ2) is 7.16. The molecular weight excluding hydrogens is 230 g/mol. The number of hydrogen-bond acceptors (Lipinski definition) is 3. The van der Waals surface area contributed by atoms with E-state index in [2.05, 4.69) is 10.4 Å². The lowest BCUT2D eigenvalue weighted by molar-refractivity contribution is 0.0816. The van der Waals surface area contributed by atoms with Crippen LogP contribution < -0.4 is 5.32 Å². The molecular formula is C13H23N3O2. The average Bonchev–Trinajstić information content (AvgIpc) is 2.86. The first-order valence-corrected chi connectivity index (χ1v) is 6.61. The molecule has 1 amide bonds. The van der Waals surface area contributed by atoms with Crippen molar-refractivity contribution in [3.63, 3.8) is 0 Å². The first-order valence-electron chi connectivity index (χ1n) is 6.61. The fraction of sp³-hybridized carbons (Fsp3) is 0.692. The van der Waals surface area contributed by atoms with Gasteiger partial charge in [0, 0.05) is 19.3 Å². The van der Waals surface area contributed by atoms with Crippen LogP contribution in [0.4, 0.5) is 0 Å². The van der Waals surface area contributed by atoms with Crippen LogP contribution in [0.15, 0.2) is 12.4 Å². The average molecular weight is 253 g/mol. The van der Waals surface area contributed by atoms with E-state index < -0.39 is 6.10 Å². The standard InChI is InChI=1S/C13H23N3O2/c1-4-10(5-2)12(17)8-14-13(18)11-7-15-16(6-3)9-11/h7,9-10,12,17H,4-6,8H2,1-3H3,(H,14,18). The van der Waals surface area contributed by atoms with Crippen LogP contribution in [0.3, 0.4) is 0 Å². The molecule has 1 atom stereocenters. The zero-order valence-electron chi connectivity index (χ0n) is 11.4. The third-order valence-corrected chi connectivity index (χ3v) is 3.28. The van der Waals surface area contributed by atoms with Crippen LogP contribution in [0.2, 0.25) is 0 Å². The topological polar surface area (TPSA) is 67.2 Å². The Kier molecular flexibility index (Phi) is 5.85. The summed E-state index contributed by atoms with van der Waals surface area (Å²) in [5, 5.41) is 16.7. The molecule has 0 aliphatic heterocycles. The monoisotopic (exact) mass is 253 g/mol. The van der Waals surface area contributed by atoms with E-state index in [9.17, 15) is 9.90 Å². The lowest BCUT2D eigenvalue weighted by Gasteiger charge is -2.20. The van der Waals surface area contributed by atoms with Crippen molar-refractivity contribution < 1.29 is 9.90 Å². The molecule has 5 heteroatoms. The van der Waals surface area contributed by atoms with Crippen LogP contribution in [-0.2, 0) is 6.54 Å². The van der Waals surface area contributed by atoms with Gasteiger partial charge in [-0.05, 0) is 12.8 Å². The van der Waals surface area contributed by atoms with Gasteiger partial charge in [-0.3, -0.25) is 9.48 Å². The highest BCUT2D eigenvalue weighted by atomic mass is 16.3. The molecule has 1 rings (SSSR count). The molecule has 0 fully saturated rings. The zero-order valence-corrected chi connectivity index (χ0v) is 11.4. The summed E-state index contributed by atoms with van der Waals surface area (Å²) >= 11 is 0. The van der Waals surface area contributed by atoms with Gasteiger partial charge in [-0.2, -0.15) is 5.10 Å². The van der Waals surface area contributed by atoms with Gasteiger partial charge in [-0.25, -0.2) is 0 Å². The second-order valence-electron chi connectivity index (χ2n) is 4.44. The number of hydrogen-bond donors (Lipinski definition) is 2. The summed E-state index contributed by atoms with van der Waals surface area (Å²) in [5.74, 6) is 0.0587. The third kappa shape index (κ3) is 3.84. The smallest absolute Gasteiger partial charge is 0.254 e. The molecule has 2 N–H and O–H groups in total. The number of aliphatic hydroxyl groups excluding tert-OH is 1. The predicted molar refractivity (Wildman–Crippen MR) is 70.3 cm³/mol. The molecule has 102 valence electrons. The molecule has 0 spiro atoms. The van der Waals surface area contributed by atoms with Gasteiger partial charge < -0.3 is 10.4 Å². The van der Waals surface area contributed by atoms with Crippen LogP contribution in [0.1, 0.15) is 44.0 Å². The first-order chi connectivity index (χ1) is 8.62. The maximum Gasteiger partial charge on any atom is 0.254 e. The maximum atomic E-state index is 11.8. The molecule has 1 aromatic heterocycles. The summed E-state index contributed by atoms with van der Waals surface area (Å²) in [6, 6.07) is 0. The molecule has 18 heavy (non-hydrogen) atoms. The number of aromatic nitrogens is 2. The van der Waals surface area contributed by atoms with Gasteiger partial charge in [0.15, 0.2) is 0 Å². The van der Waals surface area contributed by atoms with Crippen LogP contribution in [0, 0.1) is 5.92 Å². The van der Waals surface area contributed by atoms with Gasteiger partial charge in [0.2, 0.25) is 0 Å². The van der Waals surface area contributed by atoms with Gasteiger partial charge in [-0.1, -0.05) is 26.7 Å². The number of carbonyl (C=O) groups is 1. The Morgan fingerprint density at radius 1 is 1.44 bits per heavy atom. The number of rotatable bonds is 7. The highest BCUT2D eigenvalue weighted by Crippen LogP contribution is 2.12. The minimum atomic E-state index is -0.481. The highest BCUT2D eigenvalue weighted by molar-refractivity contribution is 5.93. The van der Waals surface area contributed by atoms with Crippen molar-refractivity contribution in [3.8, 4) is 0 Å². The molecule has 0 radical (unpaired) electrons. The summed E-state index contributed by atoms with van der Waals surface area (Å²) in [5.41, 5.74) is 0.536. The molecule has 1 unspecified atom stereocenters. The largest absolute Gasteiger partial charge is 0.391 e. The predicted octanol–water partition coefficient (Wildman–Crippen LogP) is 1.43. The number of amides is 1. The van der Waals surface area contributed by atoms with Gasteiger partial charge in [0.25, 0.3) is 5.91 Å². The Balaban J connectivity index is 2.45. The van der Waals surface area contributed by atoms with Crippen LogP contribution >= 0.6 is 0 Å². The molecule has 0 aliphatic rings. The van der Waals surface area contributed by atoms with Crippen molar-refractivity contribution in [2.24, 2.45) is 5.92 Å². The van der Waals surface area contributed by atoms with E-state index in [-0.39, 0.29) is 11.8 Å². The summed E-state index contributed by atoms with van der Waals surface area (Å²) < 4.78 is 1.70. The molecule has 5 nitrogen and oxygen atoms in total. The fourth-order valence-corrected chi connectivity index (χ4v) is 1.95. The molecule has 1 aromatic rings. The van der Waals surface area contributed by atoms with E-state index in [0.717, 1.165) is 19.4 Å². The van der Waals surface area contributed by atoms with Crippen molar-refractivity contribution in [1.82, 2.24) is 15.1 Å². The van der Waals surface area contributed by atoms with Gasteiger partial charge in [-0.15, -0.1) is 0 Å². The number of nitrogens with zero attached hydrogens (tertiary/aromatic N) is 2. The second-order valence-corrected chi connectivity index (χ2v) is 4.44.